The molecule has 0 aromatic heterocycles. The first-order valence-corrected chi connectivity index (χ1v) is 10.9. The van der Waals surface area contributed by atoms with Gasteiger partial charge in [0.05, 0.1) is 0 Å². The second kappa shape index (κ2) is 10.0. The van der Waals surface area contributed by atoms with E-state index in [1.165, 1.54) is 44.9 Å². The van der Waals surface area contributed by atoms with E-state index in [0.29, 0.717) is 0 Å². The van der Waals surface area contributed by atoms with Gasteiger partial charge in [-0.2, -0.15) is 0 Å². The van der Waals surface area contributed by atoms with E-state index >= 15 is 0 Å². The van der Waals surface area contributed by atoms with Gasteiger partial charge in [0.2, 0.25) is 0 Å². The molecule has 0 saturated heterocycles. The van der Waals surface area contributed by atoms with Gasteiger partial charge in [0.15, 0.2) is 0 Å². The lowest BCUT2D eigenvalue weighted by molar-refractivity contribution is 0.592. The van der Waals surface area contributed by atoms with Crippen LogP contribution in [0.1, 0.15) is 58.3 Å². The Morgan fingerprint density at radius 3 is 1.93 bits per heavy atom. The number of hydrogen-bond acceptors (Lipinski definition) is 0. The van der Waals surface area contributed by atoms with Crippen molar-refractivity contribution in [2.45, 2.75) is 58.3 Å². The monoisotopic (exact) mass is 286 g/mol. The summed E-state index contributed by atoms with van der Waals surface area (Å²) in [4.78, 5) is 0. The van der Waals surface area contributed by atoms with Crippen LogP contribution in [0, 0.1) is 0 Å². The highest BCUT2D eigenvalue weighted by Crippen LogP contribution is 2.21. The normalized spacial score (nSPS) is 12.5. The Hall–Kier alpha value is 0.827. The van der Waals surface area contributed by atoms with Crippen molar-refractivity contribution in [3.05, 3.63) is 11.8 Å². The summed E-state index contributed by atoms with van der Waals surface area (Å²) in [6.45, 7) is 2.24. The van der Waals surface area contributed by atoms with Crippen LogP contribution in [0.4, 0.5) is 0 Å². The maximum Gasteiger partial charge on any atom is 0.365 e. The Morgan fingerprint density at radius 1 is 0.867 bits per heavy atom. The molecular formula is C11H21Cl3Si. The van der Waals surface area contributed by atoms with Crippen molar-refractivity contribution in [2.75, 3.05) is 0 Å². The molecule has 0 N–H and O–H groups in total. The van der Waals surface area contributed by atoms with Crippen molar-refractivity contribution in [3.8, 4) is 0 Å². The van der Waals surface area contributed by atoms with E-state index < -0.39 is 6.00 Å². The third kappa shape index (κ3) is 14.8. The van der Waals surface area contributed by atoms with Gasteiger partial charge in [-0.3, -0.25) is 0 Å². The first kappa shape index (κ1) is 15.8. The van der Waals surface area contributed by atoms with Crippen LogP contribution >= 0.6 is 33.2 Å². The molecule has 90 valence electrons. The van der Waals surface area contributed by atoms with Gasteiger partial charge in [-0.15, -0.1) is 33.2 Å². The van der Waals surface area contributed by atoms with Gasteiger partial charge >= 0.3 is 6.00 Å². The van der Waals surface area contributed by atoms with Crippen LogP contribution in [-0.2, 0) is 0 Å². The van der Waals surface area contributed by atoms with Crippen molar-refractivity contribution in [2.24, 2.45) is 0 Å². The third-order valence-corrected chi connectivity index (χ3v) is 4.03. The van der Waals surface area contributed by atoms with Gasteiger partial charge < -0.3 is 0 Å². The number of hydrogen-bond donors (Lipinski definition) is 0. The quantitative estimate of drug-likeness (QED) is 0.282. The smallest absolute Gasteiger partial charge is 0.121 e. The maximum absolute atomic E-state index is 5.71. The molecule has 0 amide bonds. The van der Waals surface area contributed by atoms with Crippen LogP contribution in [0.2, 0.25) is 0 Å². The lowest BCUT2D eigenvalue weighted by atomic mass is 10.1. The zero-order valence-corrected chi connectivity index (χ0v) is 12.7. The molecule has 0 aliphatic rings. The summed E-state index contributed by atoms with van der Waals surface area (Å²) >= 11 is 17.1. The van der Waals surface area contributed by atoms with Crippen LogP contribution in [0.5, 0.6) is 0 Å². The van der Waals surface area contributed by atoms with Gasteiger partial charge in [0.25, 0.3) is 0 Å². The lowest BCUT2D eigenvalue weighted by Crippen LogP contribution is -2.02. The highest BCUT2D eigenvalue weighted by molar-refractivity contribution is 7.66. The highest BCUT2D eigenvalue weighted by Gasteiger charge is 2.19. The Morgan fingerprint density at radius 2 is 1.40 bits per heavy atom. The predicted molar refractivity (Wildman–Crippen MR) is 75.1 cm³/mol. The van der Waals surface area contributed by atoms with Crippen LogP contribution in [-0.4, -0.2) is 6.00 Å². The van der Waals surface area contributed by atoms with Gasteiger partial charge in [-0.25, -0.2) is 0 Å². The molecule has 0 spiro atoms. The Kier molecular flexibility index (Phi) is 10.6. The summed E-state index contributed by atoms with van der Waals surface area (Å²) in [7, 11) is 0. The molecule has 0 aromatic carbocycles. The van der Waals surface area contributed by atoms with E-state index in [-0.39, 0.29) is 0 Å². The summed E-state index contributed by atoms with van der Waals surface area (Å²) in [6.07, 6.45) is 12.4. The fourth-order valence-electron chi connectivity index (χ4n) is 1.44. The number of unbranched alkanes of at least 4 members (excludes halogenated alkanes) is 7. The minimum atomic E-state index is -2.51. The third-order valence-electron chi connectivity index (χ3n) is 2.28. The van der Waals surface area contributed by atoms with Crippen LogP contribution in [0.3, 0.4) is 0 Å². The number of rotatable bonds is 9. The predicted octanol–water partition coefficient (Wildman–Crippen LogP) is 5.88. The molecule has 0 saturated carbocycles. The number of halogens is 3. The molecule has 0 atom stereocenters. The number of allylic oxidation sites excluding steroid dienone is 1. The first-order chi connectivity index (χ1) is 7.06. The van der Waals surface area contributed by atoms with Gasteiger partial charge in [-0.05, 0) is 12.8 Å². The molecule has 0 fully saturated rings. The summed E-state index contributed by atoms with van der Waals surface area (Å²) in [6, 6.07) is -2.51. The Balaban J connectivity index is 3.15. The fraction of sp³-hybridized carbons (Fsp3) is 0.818. The molecular weight excluding hydrogens is 267 g/mol. The Labute approximate surface area is 109 Å². The minimum Gasteiger partial charge on any atom is -0.121 e. The van der Waals surface area contributed by atoms with Crippen molar-refractivity contribution in [3.63, 3.8) is 0 Å². The van der Waals surface area contributed by atoms with Crippen molar-refractivity contribution >= 4 is 39.2 Å². The molecule has 0 aliphatic heterocycles. The Bertz CT molecular complexity index is 164. The first-order valence-electron chi connectivity index (χ1n) is 5.80. The molecule has 0 rings (SSSR count). The van der Waals surface area contributed by atoms with E-state index in [2.05, 4.69) is 6.92 Å². The second-order valence-electron chi connectivity index (χ2n) is 3.85. The molecule has 4 heteroatoms. The largest absolute Gasteiger partial charge is 0.365 e. The highest BCUT2D eigenvalue weighted by atomic mass is 35.8. The molecule has 0 unspecified atom stereocenters. The van der Waals surface area contributed by atoms with E-state index in [1.54, 1.807) is 5.70 Å². The van der Waals surface area contributed by atoms with E-state index in [1.807, 2.05) is 6.08 Å². The van der Waals surface area contributed by atoms with E-state index in [4.69, 9.17) is 33.2 Å². The summed E-state index contributed by atoms with van der Waals surface area (Å²) in [5.41, 5.74) is 1.77. The molecule has 0 heterocycles. The molecule has 0 aliphatic carbocycles. The molecule has 15 heavy (non-hydrogen) atoms. The van der Waals surface area contributed by atoms with E-state index in [0.717, 1.165) is 6.42 Å². The summed E-state index contributed by atoms with van der Waals surface area (Å²) in [5, 5.41) is 0. The average Bonchev–Trinajstić information content (AvgIpc) is 2.14. The minimum absolute atomic E-state index is 1.05. The van der Waals surface area contributed by atoms with Gasteiger partial charge in [-0.1, -0.05) is 57.2 Å². The zero-order chi connectivity index (χ0) is 11.6. The topological polar surface area (TPSA) is 0 Å². The zero-order valence-electron chi connectivity index (χ0n) is 9.45. The van der Waals surface area contributed by atoms with Crippen LogP contribution in [0.25, 0.3) is 0 Å². The van der Waals surface area contributed by atoms with Crippen molar-refractivity contribution in [1.82, 2.24) is 0 Å². The van der Waals surface area contributed by atoms with Crippen LogP contribution in [0.15, 0.2) is 11.8 Å². The van der Waals surface area contributed by atoms with Gasteiger partial charge in [0.1, 0.15) is 0 Å². The van der Waals surface area contributed by atoms with Crippen molar-refractivity contribution < 1.29 is 0 Å². The fourth-order valence-corrected chi connectivity index (χ4v) is 2.67. The summed E-state index contributed by atoms with van der Waals surface area (Å²) < 4.78 is 0. The lowest BCUT2D eigenvalue weighted by Gasteiger charge is -2.00. The molecule has 0 nitrogen and oxygen atoms in total. The van der Waals surface area contributed by atoms with E-state index in [9.17, 15) is 0 Å². The maximum atomic E-state index is 5.71. The van der Waals surface area contributed by atoms with Crippen LogP contribution < -0.4 is 0 Å². The van der Waals surface area contributed by atoms with Crippen molar-refractivity contribution in [1.29, 1.82) is 0 Å². The average molecular weight is 288 g/mol. The second-order valence-corrected chi connectivity index (χ2v) is 12.4. The standard InChI is InChI=1S/C11H21Cl3Si/c1-2-3-4-5-6-7-8-9-10-11-15(12,13)14/h10-11H,2-9H2,1H3. The molecule has 0 aromatic rings. The molecule has 0 bridgehead atoms. The SMILES string of the molecule is CCCCCCCCCC=C[Si](Cl)(Cl)Cl. The summed E-state index contributed by atoms with van der Waals surface area (Å²) in [5.74, 6) is 0. The molecule has 0 radical (unpaired) electrons. The van der Waals surface area contributed by atoms with Gasteiger partial charge in [0, 0.05) is 0 Å².